The minimum atomic E-state index is -0.465. The van der Waals surface area contributed by atoms with Crippen molar-refractivity contribution in [3.8, 4) is 5.75 Å². The van der Waals surface area contributed by atoms with E-state index in [4.69, 9.17) is 14.2 Å². The maximum Gasteiger partial charge on any atom is 0.341 e. The summed E-state index contributed by atoms with van der Waals surface area (Å²) >= 11 is 0. The van der Waals surface area contributed by atoms with E-state index in [-0.39, 0.29) is 0 Å². The molecule has 2 aromatic carbocycles. The fraction of sp³-hybridized carbons (Fsp3) is 0.208. The van der Waals surface area contributed by atoms with Gasteiger partial charge in [0.2, 0.25) is 0 Å². The number of methoxy groups -OCH3 is 2. The molecule has 2 aromatic rings. The second kappa shape index (κ2) is 11.4. The molecule has 29 heavy (non-hydrogen) atoms. The predicted octanol–water partition coefficient (Wildman–Crippen LogP) is 4.60. The molecule has 0 saturated heterocycles. The minimum absolute atomic E-state index is 0.302. The summed E-state index contributed by atoms with van der Waals surface area (Å²) in [5, 5.41) is 0. The summed E-state index contributed by atoms with van der Waals surface area (Å²) < 4.78 is 15.9. The molecule has 0 aliphatic rings. The lowest BCUT2D eigenvalue weighted by molar-refractivity contribution is -0.133. The largest absolute Gasteiger partial charge is 0.503 e. The van der Waals surface area contributed by atoms with Gasteiger partial charge in [0.05, 0.1) is 20.5 Å². The van der Waals surface area contributed by atoms with Gasteiger partial charge in [0, 0.05) is 18.8 Å². The van der Waals surface area contributed by atoms with Crippen molar-refractivity contribution in [2.24, 2.45) is 0 Å². The first-order valence-corrected chi connectivity index (χ1v) is 9.23. The summed E-state index contributed by atoms with van der Waals surface area (Å²) in [5.74, 6) is 0.268. The van der Waals surface area contributed by atoms with Crippen LogP contribution in [-0.2, 0) is 20.9 Å². The molecule has 0 N–H and O–H groups in total. The summed E-state index contributed by atoms with van der Waals surface area (Å²) in [7, 11) is 2.83. The lowest BCUT2D eigenvalue weighted by Gasteiger charge is -2.21. The molecule has 0 heterocycles. The van der Waals surface area contributed by atoms with Gasteiger partial charge in [0.15, 0.2) is 0 Å². The Morgan fingerprint density at radius 1 is 1.00 bits per heavy atom. The number of hydrogen-bond donors (Lipinski definition) is 0. The molecule has 0 fully saturated rings. The Morgan fingerprint density at radius 3 is 2.24 bits per heavy atom. The lowest BCUT2D eigenvalue weighted by Crippen LogP contribution is -2.22. The van der Waals surface area contributed by atoms with Crippen molar-refractivity contribution in [2.45, 2.75) is 6.61 Å². The van der Waals surface area contributed by atoms with Crippen molar-refractivity contribution >= 4 is 17.2 Å². The summed E-state index contributed by atoms with van der Waals surface area (Å²) in [6, 6.07) is 15.3. The zero-order valence-electron chi connectivity index (χ0n) is 17.0. The molecule has 0 bridgehead atoms. The molecular formula is C24H27NO4. The smallest absolute Gasteiger partial charge is 0.341 e. The first kappa shape index (κ1) is 21.8. The Hall–Kier alpha value is -3.47. The Morgan fingerprint density at radius 2 is 1.66 bits per heavy atom. The maximum absolute atomic E-state index is 12.1. The number of benzene rings is 2. The molecule has 152 valence electrons. The van der Waals surface area contributed by atoms with E-state index in [0.29, 0.717) is 17.7 Å². The summed E-state index contributed by atoms with van der Waals surface area (Å²) in [6.07, 6.45) is 5.10. The highest BCUT2D eigenvalue weighted by atomic mass is 16.5. The average Bonchev–Trinajstić information content (AvgIpc) is 2.76. The molecule has 0 aliphatic heterocycles. The molecule has 5 nitrogen and oxygen atoms in total. The van der Waals surface area contributed by atoms with E-state index in [1.165, 1.54) is 20.5 Å². The van der Waals surface area contributed by atoms with Crippen molar-refractivity contribution < 1.29 is 19.0 Å². The Balaban J connectivity index is 2.16. The third-order valence-electron chi connectivity index (χ3n) is 4.24. The average molecular weight is 393 g/mol. The fourth-order valence-corrected chi connectivity index (χ4v) is 2.87. The van der Waals surface area contributed by atoms with Gasteiger partial charge in [-0.15, -0.1) is 13.2 Å². The first-order chi connectivity index (χ1) is 14.1. The third-order valence-corrected chi connectivity index (χ3v) is 4.24. The standard InChI is InChI=1S/C24H27NO4/c1-5-15-25(16-6-2)20-11-13-21(14-12-20)29-17-19-9-7-8-10-22(19)23(18-27-3)24(26)28-4/h5-14,18H,1-2,15-17H2,3-4H3/b23-18+. The van der Waals surface area contributed by atoms with Crippen LogP contribution in [0.2, 0.25) is 0 Å². The van der Waals surface area contributed by atoms with Crippen LogP contribution in [0.4, 0.5) is 5.69 Å². The molecule has 0 unspecified atom stereocenters. The van der Waals surface area contributed by atoms with Crippen molar-refractivity contribution in [3.63, 3.8) is 0 Å². The van der Waals surface area contributed by atoms with E-state index >= 15 is 0 Å². The van der Waals surface area contributed by atoms with E-state index in [1.807, 2.05) is 60.7 Å². The Labute approximate surface area is 172 Å². The van der Waals surface area contributed by atoms with Gasteiger partial charge in [0.25, 0.3) is 0 Å². The van der Waals surface area contributed by atoms with Crippen LogP contribution in [-0.4, -0.2) is 33.3 Å². The van der Waals surface area contributed by atoms with Crippen LogP contribution in [0.25, 0.3) is 5.57 Å². The normalized spacial score (nSPS) is 10.8. The molecule has 0 aromatic heterocycles. The van der Waals surface area contributed by atoms with Gasteiger partial charge in [-0.1, -0.05) is 36.4 Å². The third kappa shape index (κ3) is 6.01. The molecule has 5 heteroatoms. The zero-order chi connectivity index (χ0) is 21.1. The number of carbonyl (C=O) groups excluding carboxylic acids is 1. The number of hydrogen-bond acceptors (Lipinski definition) is 5. The SMILES string of the molecule is C=CCN(CC=C)c1ccc(OCc2ccccc2/C(=C\OC)C(=O)OC)cc1. The number of esters is 1. The molecular weight excluding hydrogens is 366 g/mol. The quantitative estimate of drug-likeness (QED) is 0.242. The number of carbonyl (C=O) groups is 1. The van der Waals surface area contributed by atoms with Gasteiger partial charge in [-0.3, -0.25) is 0 Å². The predicted molar refractivity (Wildman–Crippen MR) is 117 cm³/mol. The van der Waals surface area contributed by atoms with Gasteiger partial charge in [-0.05, 0) is 35.4 Å². The van der Waals surface area contributed by atoms with E-state index in [0.717, 1.165) is 30.1 Å². The highest BCUT2D eigenvalue weighted by molar-refractivity contribution is 6.16. The van der Waals surface area contributed by atoms with Gasteiger partial charge in [-0.25, -0.2) is 4.79 Å². The van der Waals surface area contributed by atoms with Gasteiger partial charge < -0.3 is 19.1 Å². The molecule has 0 amide bonds. The summed E-state index contributed by atoms with van der Waals surface area (Å²) in [4.78, 5) is 14.3. The van der Waals surface area contributed by atoms with Crippen molar-refractivity contribution in [3.05, 3.63) is 91.2 Å². The Kier molecular flexibility index (Phi) is 8.57. The second-order valence-corrected chi connectivity index (χ2v) is 6.18. The van der Waals surface area contributed by atoms with Crippen LogP contribution < -0.4 is 9.64 Å². The zero-order valence-corrected chi connectivity index (χ0v) is 17.0. The second-order valence-electron chi connectivity index (χ2n) is 6.18. The number of nitrogens with zero attached hydrogens (tertiary/aromatic N) is 1. The number of rotatable bonds is 11. The van der Waals surface area contributed by atoms with E-state index in [1.54, 1.807) is 0 Å². The van der Waals surface area contributed by atoms with E-state index in [2.05, 4.69) is 18.1 Å². The van der Waals surface area contributed by atoms with Crippen molar-refractivity contribution in [1.29, 1.82) is 0 Å². The Bertz CT molecular complexity index is 845. The van der Waals surface area contributed by atoms with Crippen molar-refractivity contribution in [2.75, 3.05) is 32.2 Å². The molecule has 0 radical (unpaired) electrons. The van der Waals surface area contributed by atoms with E-state index < -0.39 is 5.97 Å². The van der Waals surface area contributed by atoms with Gasteiger partial charge in [-0.2, -0.15) is 0 Å². The molecule has 0 aliphatic carbocycles. The van der Waals surface area contributed by atoms with Crippen LogP contribution in [0, 0.1) is 0 Å². The van der Waals surface area contributed by atoms with Crippen LogP contribution >= 0.6 is 0 Å². The topological polar surface area (TPSA) is 48.0 Å². The van der Waals surface area contributed by atoms with Crippen LogP contribution in [0.3, 0.4) is 0 Å². The van der Waals surface area contributed by atoms with Crippen molar-refractivity contribution in [1.82, 2.24) is 0 Å². The van der Waals surface area contributed by atoms with Gasteiger partial charge >= 0.3 is 5.97 Å². The van der Waals surface area contributed by atoms with Crippen LogP contribution in [0.15, 0.2) is 80.1 Å². The fourth-order valence-electron chi connectivity index (χ4n) is 2.87. The molecule has 0 atom stereocenters. The summed E-state index contributed by atoms with van der Waals surface area (Å²) in [5.41, 5.74) is 2.97. The molecule has 0 spiro atoms. The molecule has 0 saturated carbocycles. The van der Waals surface area contributed by atoms with Crippen LogP contribution in [0.1, 0.15) is 11.1 Å². The van der Waals surface area contributed by atoms with Gasteiger partial charge in [0.1, 0.15) is 17.9 Å². The highest BCUT2D eigenvalue weighted by Crippen LogP contribution is 2.24. The van der Waals surface area contributed by atoms with E-state index in [9.17, 15) is 4.79 Å². The molecule has 2 rings (SSSR count). The summed E-state index contributed by atoms with van der Waals surface area (Å²) in [6.45, 7) is 9.37. The minimum Gasteiger partial charge on any atom is -0.503 e. The first-order valence-electron chi connectivity index (χ1n) is 9.23. The highest BCUT2D eigenvalue weighted by Gasteiger charge is 2.17. The lowest BCUT2D eigenvalue weighted by atomic mass is 10.0. The number of ether oxygens (including phenoxy) is 3. The maximum atomic E-state index is 12.1. The monoisotopic (exact) mass is 393 g/mol. The van der Waals surface area contributed by atoms with Crippen LogP contribution in [0.5, 0.6) is 5.75 Å². The number of anilines is 1.